The highest BCUT2D eigenvalue weighted by Gasteiger charge is 2.08. The van der Waals surface area contributed by atoms with E-state index in [-0.39, 0.29) is 6.04 Å². The average molecular weight is 224 g/mol. The van der Waals surface area contributed by atoms with E-state index in [0.717, 1.165) is 5.02 Å². The molecule has 1 unspecified atom stereocenters. The lowest BCUT2D eigenvalue weighted by atomic mass is 10.00. The molecule has 0 saturated heterocycles. The summed E-state index contributed by atoms with van der Waals surface area (Å²) in [6, 6.07) is 6.29. The second-order valence-corrected chi connectivity index (χ2v) is 4.45. The van der Waals surface area contributed by atoms with Crippen molar-refractivity contribution in [3.05, 3.63) is 46.0 Å². The summed E-state index contributed by atoms with van der Waals surface area (Å²) in [7, 11) is 1.97. The molecule has 1 N–H and O–H groups in total. The van der Waals surface area contributed by atoms with E-state index in [4.69, 9.17) is 11.6 Å². The van der Waals surface area contributed by atoms with Gasteiger partial charge in [-0.15, -0.1) is 0 Å². The van der Waals surface area contributed by atoms with Gasteiger partial charge in [0.15, 0.2) is 0 Å². The molecule has 0 aliphatic heterocycles. The molecule has 82 valence electrons. The van der Waals surface area contributed by atoms with Crippen LogP contribution in [-0.4, -0.2) is 7.05 Å². The lowest BCUT2D eigenvalue weighted by Gasteiger charge is -2.16. The minimum atomic E-state index is 0.271. The molecule has 0 heterocycles. The van der Waals surface area contributed by atoms with Crippen molar-refractivity contribution < 1.29 is 0 Å². The highest BCUT2D eigenvalue weighted by atomic mass is 35.5. The van der Waals surface area contributed by atoms with Crippen molar-refractivity contribution >= 4 is 11.6 Å². The van der Waals surface area contributed by atoms with E-state index < -0.39 is 0 Å². The van der Waals surface area contributed by atoms with Crippen molar-refractivity contribution in [3.8, 4) is 0 Å². The molecule has 1 rings (SSSR count). The molecule has 1 aromatic carbocycles. The summed E-state index contributed by atoms with van der Waals surface area (Å²) in [6.45, 7) is 6.30. The van der Waals surface area contributed by atoms with Crippen LogP contribution in [-0.2, 0) is 0 Å². The summed E-state index contributed by atoms with van der Waals surface area (Å²) in [5.41, 5.74) is 3.81. The molecule has 0 fully saturated rings. The summed E-state index contributed by atoms with van der Waals surface area (Å²) >= 11 is 5.93. The molecule has 0 aliphatic carbocycles. The van der Waals surface area contributed by atoms with E-state index in [1.807, 2.05) is 19.2 Å². The molecule has 0 aliphatic rings. The van der Waals surface area contributed by atoms with Gasteiger partial charge in [-0.2, -0.15) is 0 Å². The minimum Gasteiger partial charge on any atom is -0.310 e. The molecule has 1 atom stereocenters. The van der Waals surface area contributed by atoms with Gasteiger partial charge in [0.1, 0.15) is 0 Å². The summed E-state index contributed by atoms with van der Waals surface area (Å²) in [5.74, 6) is 0. The Morgan fingerprint density at radius 1 is 1.40 bits per heavy atom. The SMILES string of the molecule is CNC(C=C(C)C)c1ccc(Cl)cc1C. The van der Waals surface area contributed by atoms with Crippen LogP contribution in [0.2, 0.25) is 5.02 Å². The fraction of sp³-hybridized carbons (Fsp3) is 0.385. The van der Waals surface area contributed by atoms with Crippen LogP contribution < -0.4 is 5.32 Å². The highest BCUT2D eigenvalue weighted by molar-refractivity contribution is 6.30. The number of hydrogen-bond acceptors (Lipinski definition) is 1. The summed E-state index contributed by atoms with van der Waals surface area (Å²) in [4.78, 5) is 0. The lowest BCUT2D eigenvalue weighted by molar-refractivity contribution is 0.705. The molecule has 0 amide bonds. The number of nitrogens with one attached hydrogen (secondary N) is 1. The third-order valence-electron chi connectivity index (χ3n) is 2.38. The van der Waals surface area contributed by atoms with Crippen molar-refractivity contribution in [2.24, 2.45) is 0 Å². The zero-order chi connectivity index (χ0) is 11.4. The summed E-state index contributed by atoms with van der Waals surface area (Å²) in [6.07, 6.45) is 2.22. The average Bonchev–Trinajstić information content (AvgIpc) is 2.14. The largest absolute Gasteiger partial charge is 0.310 e. The predicted octanol–water partition coefficient (Wildman–Crippen LogP) is 3.88. The van der Waals surface area contributed by atoms with Crippen molar-refractivity contribution in [3.63, 3.8) is 0 Å². The normalized spacial score (nSPS) is 12.3. The second kappa shape index (κ2) is 5.34. The van der Waals surface area contributed by atoms with Gasteiger partial charge in [0.25, 0.3) is 0 Å². The molecule has 1 nitrogen and oxygen atoms in total. The van der Waals surface area contributed by atoms with E-state index in [1.54, 1.807) is 0 Å². The van der Waals surface area contributed by atoms with Crippen LogP contribution in [0.5, 0.6) is 0 Å². The molecule has 15 heavy (non-hydrogen) atoms. The Labute approximate surface area is 97.1 Å². The summed E-state index contributed by atoms with van der Waals surface area (Å²) < 4.78 is 0. The van der Waals surface area contributed by atoms with E-state index in [9.17, 15) is 0 Å². The zero-order valence-electron chi connectivity index (χ0n) is 9.76. The number of allylic oxidation sites excluding steroid dienone is 1. The van der Waals surface area contributed by atoms with E-state index in [0.29, 0.717) is 0 Å². The van der Waals surface area contributed by atoms with Crippen molar-refractivity contribution in [2.45, 2.75) is 26.8 Å². The van der Waals surface area contributed by atoms with Gasteiger partial charge in [-0.25, -0.2) is 0 Å². The van der Waals surface area contributed by atoms with Crippen LogP contribution in [0.15, 0.2) is 29.8 Å². The standard InChI is InChI=1S/C13H18ClN/c1-9(2)7-13(15-4)12-6-5-11(14)8-10(12)3/h5-8,13,15H,1-4H3. The third kappa shape index (κ3) is 3.37. The summed E-state index contributed by atoms with van der Waals surface area (Å²) in [5, 5.41) is 4.09. The quantitative estimate of drug-likeness (QED) is 0.767. The number of rotatable bonds is 3. The van der Waals surface area contributed by atoms with E-state index >= 15 is 0 Å². The Hall–Kier alpha value is -0.790. The third-order valence-corrected chi connectivity index (χ3v) is 2.61. The van der Waals surface area contributed by atoms with Crippen molar-refractivity contribution in [2.75, 3.05) is 7.05 Å². The zero-order valence-corrected chi connectivity index (χ0v) is 10.5. The molecule has 0 aromatic heterocycles. The monoisotopic (exact) mass is 223 g/mol. The Morgan fingerprint density at radius 3 is 2.53 bits per heavy atom. The van der Waals surface area contributed by atoms with Gasteiger partial charge in [-0.05, 0) is 51.1 Å². The van der Waals surface area contributed by atoms with Gasteiger partial charge in [0.2, 0.25) is 0 Å². The first-order valence-corrected chi connectivity index (χ1v) is 5.50. The fourth-order valence-electron chi connectivity index (χ4n) is 1.65. The van der Waals surface area contributed by atoms with Gasteiger partial charge >= 0.3 is 0 Å². The van der Waals surface area contributed by atoms with Crippen molar-refractivity contribution in [1.29, 1.82) is 0 Å². The van der Waals surface area contributed by atoms with E-state index in [1.165, 1.54) is 16.7 Å². The number of aryl methyl sites for hydroxylation is 1. The van der Waals surface area contributed by atoms with Crippen LogP contribution in [0.4, 0.5) is 0 Å². The molecule has 0 bridgehead atoms. The van der Waals surface area contributed by atoms with Crippen LogP contribution in [0, 0.1) is 6.92 Å². The smallest absolute Gasteiger partial charge is 0.0508 e. The second-order valence-electron chi connectivity index (χ2n) is 4.01. The predicted molar refractivity (Wildman–Crippen MR) is 67.4 cm³/mol. The number of halogens is 1. The number of hydrogen-bond donors (Lipinski definition) is 1. The van der Waals surface area contributed by atoms with Crippen LogP contribution in [0.25, 0.3) is 0 Å². The topological polar surface area (TPSA) is 12.0 Å². The molecule has 0 saturated carbocycles. The molecule has 0 radical (unpaired) electrons. The molecule has 1 aromatic rings. The molecular formula is C13H18ClN. The molecular weight excluding hydrogens is 206 g/mol. The van der Waals surface area contributed by atoms with E-state index in [2.05, 4.69) is 38.2 Å². The Bertz CT molecular complexity index is 365. The Morgan fingerprint density at radius 2 is 2.07 bits per heavy atom. The molecule has 2 heteroatoms. The van der Waals surface area contributed by atoms with Crippen molar-refractivity contribution in [1.82, 2.24) is 5.32 Å². The number of benzene rings is 1. The van der Waals surface area contributed by atoms with Gasteiger partial charge in [0, 0.05) is 5.02 Å². The van der Waals surface area contributed by atoms with Crippen LogP contribution in [0.1, 0.15) is 31.0 Å². The number of likely N-dealkylation sites (N-methyl/N-ethyl adjacent to an activating group) is 1. The Kier molecular flexibility index (Phi) is 4.37. The maximum Gasteiger partial charge on any atom is 0.0508 e. The maximum atomic E-state index is 5.93. The van der Waals surface area contributed by atoms with Gasteiger partial charge < -0.3 is 5.32 Å². The minimum absolute atomic E-state index is 0.271. The first kappa shape index (κ1) is 12.3. The van der Waals surface area contributed by atoms with Crippen LogP contribution in [0.3, 0.4) is 0 Å². The van der Waals surface area contributed by atoms with Gasteiger partial charge in [-0.3, -0.25) is 0 Å². The van der Waals surface area contributed by atoms with Gasteiger partial charge in [-0.1, -0.05) is 29.3 Å². The Balaban J connectivity index is 3.07. The van der Waals surface area contributed by atoms with Crippen LogP contribution >= 0.6 is 11.6 Å². The first-order valence-electron chi connectivity index (χ1n) is 5.13. The maximum absolute atomic E-state index is 5.93. The highest BCUT2D eigenvalue weighted by Crippen LogP contribution is 2.22. The fourth-order valence-corrected chi connectivity index (χ4v) is 1.88. The molecule has 0 spiro atoms. The van der Waals surface area contributed by atoms with Gasteiger partial charge in [0.05, 0.1) is 6.04 Å². The first-order chi connectivity index (χ1) is 7.04. The lowest BCUT2D eigenvalue weighted by Crippen LogP contribution is -2.15.